The van der Waals surface area contributed by atoms with Gasteiger partial charge in [0.1, 0.15) is 0 Å². The van der Waals surface area contributed by atoms with Crippen LogP contribution in [0.1, 0.15) is 50.5 Å². The summed E-state index contributed by atoms with van der Waals surface area (Å²) in [6.45, 7) is 1.28. The molecule has 1 aromatic carbocycles. The number of nitrogens with one attached hydrogen (secondary N) is 1. The van der Waals surface area contributed by atoms with Gasteiger partial charge in [-0.1, -0.05) is 0 Å². The summed E-state index contributed by atoms with van der Waals surface area (Å²) in [5.41, 5.74) is -1.52. The van der Waals surface area contributed by atoms with Gasteiger partial charge in [0.05, 0.1) is 24.2 Å². The number of carbonyl (C=O) groups is 2. The van der Waals surface area contributed by atoms with Crippen molar-refractivity contribution in [1.82, 2.24) is 4.90 Å². The lowest BCUT2D eigenvalue weighted by atomic mass is 9.78. The van der Waals surface area contributed by atoms with Crippen molar-refractivity contribution in [1.29, 1.82) is 0 Å². The molecule has 0 bridgehead atoms. The Morgan fingerprint density at radius 2 is 1.91 bits per heavy atom. The summed E-state index contributed by atoms with van der Waals surface area (Å²) in [6.07, 6.45) is -0.981. The topological polar surface area (TPSA) is 82.1 Å². The molecular weight excluding hydrogens is 439 g/mol. The van der Waals surface area contributed by atoms with Crippen molar-refractivity contribution in [2.24, 2.45) is 5.41 Å². The van der Waals surface area contributed by atoms with Crippen LogP contribution in [-0.4, -0.2) is 60.9 Å². The van der Waals surface area contributed by atoms with E-state index in [4.69, 9.17) is 0 Å². The molecule has 1 spiro atoms. The third-order valence-corrected chi connectivity index (χ3v) is 7.30. The number of hydrogen-bond acceptors (Lipinski definition) is 5. The highest BCUT2D eigenvalue weighted by atomic mass is 19.4. The number of carbonyl (C=O) groups excluding carboxylic acids is 2. The molecule has 2 saturated heterocycles. The van der Waals surface area contributed by atoms with Crippen LogP contribution in [0.15, 0.2) is 18.2 Å². The maximum Gasteiger partial charge on any atom is 0.418 e. The molecule has 3 aliphatic rings. The lowest BCUT2D eigenvalue weighted by Crippen LogP contribution is -2.50. The number of rotatable bonds is 3. The standard InChI is InChI=1S/C23H30F3N3O4/c1-33-21(32)27-15-3-8-19(18(13-15)23(24,25)26)28-11-2-9-22(14-28)10-12-29(20(22)31)16-4-6-17(30)7-5-16/h3,8,13,16-17,30H,2,4-7,9-12,14H2,1H3,(H,27,32)/t16-,17-,22-/m1/s1. The highest BCUT2D eigenvalue weighted by molar-refractivity contribution is 5.87. The third-order valence-electron chi connectivity index (χ3n) is 7.30. The van der Waals surface area contributed by atoms with Crippen molar-refractivity contribution >= 4 is 23.4 Å². The van der Waals surface area contributed by atoms with Crippen LogP contribution in [0.25, 0.3) is 0 Å². The number of piperidine rings is 1. The van der Waals surface area contributed by atoms with Crippen LogP contribution >= 0.6 is 0 Å². The number of aliphatic hydroxyl groups is 1. The molecule has 182 valence electrons. The van der Waals surface area contributed by atoms with E-state index in [1.807, 2.05) is 4.90 Å². The highest BCUT2D eigenvalue weighted by Gasteiger charge is 2.51. The Hall–Kier alpha value is -2.49. The molecule has 0 aromatic heterocycles. The SMILES string of the molecule is COC(=O)Nc1ccc(N2CCC[C@@]3(CCN([C@H]4CC[C@H](O)CC4)C3=O)C2)c(C(F)(F)F)c1. The van der Waals surface area contributed by atoms with E-state index in [1.165, 1.54) is 12.1 Å². The molecule has 33 heavy (non-hydrogen) atoms. The minimum absolute atomic E-state index is 0.00717. The summed E-state index contributed by atoms with van der Waals surface area (Å²) >= 11 is 0. The fourth-order valence-corrected chi connectivity index (χ4v) is 5.57. The van der Waals surface area contributed by atoms with E-state index in [2.05, 4.69) is 10.1 Å². The Balaban J connectivity index is 1.56. The number of hydrogen-bond donors (Lipinski definition) is 2. The summed E-state index contributed by atoms with van der Waals surface area (Å²) in [5.74, 6) is 0.0335. The van der Waals surface area contributed by atoms with Crippen LogP contribution in [0.2, 0.25) is 0 Å². The Labute approximate surface area is 190 Å². The van der Waals surface area contributed by atoms with Gasteiger partial charge in [-0.15, -0.1) is 0 Å². The molecule has 2 amide bonds. The van der Waals surface area contributed by atoms with Gasteiger partial charge in [-0.3, -0.25) is 10.1 Å². The lowest BCUT2D eigenvalue weighted by Gasteiger charge is -2.42. The van der Waals surface area contributed by atoms with E-state index < -0.39 is 23.2 Å². The first-order chi connectivity index (χ1) is 15.6. The molecule has 1 aliphatic carbocycles. The summed E-state index contributed by atoms with van der Waals surface area (Å²) < 4.78 is 46.2. The van der Waals surface area contributed by atoms with E-state index in [9.17, 15) is 27.9 Å². The number of amides is 2. The van der Waals surface area contributed by atoms with Gasteiger partial charge in [0.2, 0.25) is 5.91 Å². The smallest absolute Gasteiger partial charge is 0.418 e. The van der Waals surface area contributed by atoms with Crippen LogP contribution < -0.4 is 10.2 Å². The summed E-state index contributed by atoms with van der Waals surface area (Å²) in [5, 5.41) is 12.1. The fraction of sp³-hybridized carbons (Fsp3) is 0.652. The van der Waals surface area contributed by atoms with Gasteiger partial charge in [-0.25, -0.2) is 4.79 Å². The molecule has 1 aromatic rings. The van der Waals surface area contributed by atoms with Crippen LogP contribution in [-0.2, 0) is 15.7 Å². The molecule has 0 unspecified atom stereocenters. The number of likely N-dealkylation sites (tertiary alicyclic amines) is 1. The van der Waals surface area contributed by atoms with Gasteiger partial charge in [0.15, 0.2) is 0 Å². The second kappa shape index (κ2) is 9.04. The second-order valence-corrected chi connectivity index (χ2v) is 9.36. The molecule has 2 heterocycles. The molecule has 1 saturated carbocycles. The zero-order valence-electron chi connectivity index (χ0n) is 18.7. The van der Waals surface area contributed by atoms with E-state index in [0.29, 0.717) is 45.2 Å². The normalized spacial score (nSPS) is 28.3. The summed E-state index contributed by atoms with van der Waals surface area (Å²) in [6, 6.07) is 3.78. The maximum absolute atomic E-state index is 13.9. The second-order valence-electron chi connectivity index (χ2n) is 9.36. The van der Waals surface area contributed by atoms with Crippen molar-refractivity contribution in [3.8, 4) is 0 Å². The predicted molar refractivity (Wildman–Crippen MR) is 116 cm³/mol. The van der Waals surface area contributed by atoms with Gasteiger partial charge < -0.3 is 19.6 Å². The lowest BCUT2D eigenvalue weighted by molar-refractivity contribution is -0.139. The highest BCUT2D eigenvalue weighted by Crippen LogP contribution is 2.46. The predicted octanol–water partition coefficient (Wildman–Crippen LogP) is 4.01. The maximum atomic E-state index is 13.9. The Morgan fingerprint density at radius 1 is 1.18 bits per heavy atom. The largest absolute Gasteiger partial charge is 0.453 e. The monoisotopic (exact) mass is 469 g/mol. The molecule has 4 rings (SSSR count). The van der Waals surface area contributed by atoms with Crippen LogP contribution in [0.5, 0.6) is 0 Å². The Bertz CT molecular complexity index is 901. The van der Waals surface area contributed by atoms with E-state index in [-0.39, 0.29) is 36.0 Å². The number of aliphatic hydroxyl groups excluding tert-OH is 1. The van der Waals surface area contributed by atoms with Crippen LogP contribution in [0.3, 0.4) is 0 Å². The number of methoxy groups -OCH3 is 1. The first-order valence-electron chi connectivity index (χ1n) is 11.4. The number of nitrogens with zero attached hydrogens (tertiary/aromatic N) is 2. The van der Waals surface area contributed by atoms with Crippen molar-refractivity contribution < 1.29 is 32.6 Å². The van der Waals surface area contributed by atoms with Crippen molar-refractivity contribution in [3.05, 3.63) is 23.8 Å². The number of halogens is 3. The zero-order valence-corrected chi connectivity index (χ0v) is 18.7. The quantitative estimate of drug-likeness (QED) is 0.699. The molecule has 7 nitrogen and oxygen atoms in total. The molecule has 1 atom stereocenters. The van der Waals surface area contributed by atoms with E-state index in [0.717, 1.165) is 26.0 Å². The van der Waals surface area contributed by atoms with Gasteiger partial charge in [-0.05, 0) is 63.1 Å². The third kappa shape index (κ3) is 4.76. The van der Waals surface area contributed by atoms with Crippen LogP contribution in [0, 0.1) is 5.41 Å². The van der Waals surface area contributed by atoms with E-state index >= 15 is 0 Å². The van der Waals surface area contributed by atoms with Gasteiger partial charge >= 0.3 is 12.3 Å². The fourth-order valence-electron chi connectivity index (χ4n) is 5.57. The van der Waals surface area contributed by atoms with Gasteiger partial charge in [0, 0.05) is 37.1 Å². The molecular formula is C23H30F3N3O4. The zero-order chi connectivity index (χ0) is 23.8. The number of alkyl halides is 3. The first kappa shape index (κ1) is 23.7. The minimum atomic E-state index is -4.62. The Kier molecular flexibility index (Phi) is 6.48. The first-order valence-corrected chi connectivity index (χ1v) is 11.4. The van der Waals surface area contributed by atoms with Crippen molar-refractivity contribution in [3.63, 3.8) is 0 Å². The average Bonchev–Trinajstić information content (AvgIpc) is 3.09. The van der Waals surface area contributed by atoms with Crippen molar-refractivity contribution in [2.75, 3.05) is 37.0 Å². The average molecular weight is 470 g/mol. The summed E-state index contributed by atoms with van der Waals surface area (Å²) in [7, 11) is 1.14. The summed E-state index contributed by atoms with van der Waals surface area (Å²) in [4.78, 5) is 28.5. The molecule has 2 N–H and O–H groups in total. The molecule has 0 radical (unpaired) electrons. The molecule has 10 heteroatoms. The number of benzene rings is 1. The number of anilines is 2. The minimum Gasteiger partial charge on any atom is -0.453 e. The Morgan fingerprint density at radius 3 is 2.58 bits per heavy atom. The van der Waals surface area contributed by atoms with Gasteiger partial charge in [-0.2, -0.15) is 13.2 Å². The molecule has 2 aliphatic heterocycles. The van der Waals surface area contributed by atoms with Gasteiger partial charge in [0.25, 0.3) is 0 Å². The van der Waals surface area contributed by atoms with Crippen LogP contribution in [0.4, 0.5) is 29.3 Å². The van der Waals surface area contributed by atoms with Crippen molar-refractivity contribution in [2.45, 2.75) is 63.3 Å². The van der Waals surface area contributed by atoms with E-state index in [1.54, 1.807) is 4.90 Å². The molecule has 3 fully saturated rings. The number of ether oxygens (including phenoxy) is 1.